The van der Waals surface area contributed by atoms with E-state index in [4.69, 9.17) is 5.73 Å². The van der Waals surface area contributed by atoms with Crippen molar-refractivity contribution in [3.63, 3.8) is 0 Å². The van der Waals surface area contributed by atoms with Crippen LogP contribution in [0.4, 0.5) is 0 Å². The minimum Gasteiger partial charge on any atom is -0.369 e. The molecule has 1 saturated carbocycles. The number of hydrogen-bond acceptors (Lipinski definition) is 4. The van der Waals surface area contributed by atoms with E-state index in [1.165, 1.54) is 37.4 Å². The molecule has 5 heteroatoms. The first kappa shape index (κ1) is 15.3. The maximum absolute atomic E-state index is 11.1. The summed E-state index contributed by atoms with van der Waals surface area (Å²) in [4.78, 5) is 20.4. The molecule has 1 aromatic heterocycles. The van der Waals surface area contributed by atoms with Crippen LogP contribution in [0.3, 0.4) is 0 Å². The van der Waals surface area contributed by atoms with E-state index in [2.05, 4.69) is 9.97 Å². The van der Waals surface area contributed by atoms with Crippen LogP contribution in [0.15, 0.2) is 29.3 Å². The highest BCUT2D eigenvalue weighted by Gasteiger charge is 2.16. The first-order chi connectivity index (χ1) is 10.7. The Morgan fingerprint density at radius 2 is 2.00 bits per heavy atom. The van der Waals surface area contributed by atoms with Gasteiger partial charge in [0.1, 0.15) is 10.9 Å². The molecule has 4 nitrogen and oxygen atoms in total. The second-order valence-corrected chi connectivity index (χ2v) is 6.87. The molecule has 0 atom stereocenters. The summed E-state index contributed by atoms with van der Waals surface area (Å²) < 4.78 is 0. The van der Waals surface area contributed by atoms with Crippen LogP contribution < -0.4 is 5.73 Å². The molecule has 116 valence electrons. The van der Waals surface area contributed by atoms with E-state index >= 15 is 0 Å². The second kappa shape index (κ2) is 7.09. The Morgan fingerprint density at radius 3 is 2.77 bits per heavy atom. The maximum Gasteiger partial charge on any atom is 0.227 e. The summed E-state index contributed by atoms with van der Waals surface area (Å²) in [6.07, 6.45) is 7.50. The molecule has 22 heavy (non-hydrogen) atoms. The highest BCUT2D eigenvalue weighted by atomic mass is 32.2. The average Bonchev–Trinajstić information content (AvgIpc) is 3.04. The standard InChI is InChI=1S/C17H21N3OS/c18-15(21)11-22-17-13-7-3-4-8-14(13)19-16(20-17)10-9-12-5-1-2-6-12/h3-4,7-8,12H,1-2,5-6,9-11H2,(H2,18,21). The number of thioether (sulfide) groups is 1. The molecule has 1 fully saturated rings. The van der Waals surface area contributed by atoms with Gasteiger partial charge in [-0.05, 0) is 18.4 Å². The second-order valence-electron chi connectivity index (χ2n) is 5.91. The fraction of sp³-hybridized carbons (Fsp3) is 0.471. The summed E-state index contributed by atoms with van der Waals surface area (Å²) >= 11 is 1.40. The molecule has 2 aromatic rings. The normalized spacial score (nSPS) is 15.5. The van der Waals surface area contributed by atoms with Gasteiger partial charge in [0, 0.05) is 11.8 Å². The molecule has 3 rings (SSSR count). The van der Waals surface area contributed by atoms with Crippen molar-refractivity contribution >= 4 is 28.6 Å². The monoisotopic (exact) mass is 315 g/mol. The number of aryl methyl sites for hydroxylation is 1. The predicted molar refractivity (Wildman–Crippen MR) is 89.7 cm³/mol. The molecule has 1 aliphatic carbocycles. The van der Waals surface area contributed by atoms with Crippen molar-refractivity contribution < 1.29 is 4.79 Å². The van der Waals surface area contributed by atoms with Crippen molar-refractivity contribution in [2.75, 3.05) is 5.75 Å². The maximum atomic E-state index is 11.1. The van der Waals surface area contributed by atoms with Gasteiger partial charge in [0.25, 0.3) is 0 Å². The first-order valence-corrected chi connectivity index (χ1v) is 8.87. The lowest BCUT2D eigenvalue weighted by Crippen LogP contribution is -2.13. The van der Waals surface area contributed by atoms with E-state index in [1.807, 2.05) is 24.3 Å². The number of carbonyl (C=O) groups is 1. The lowest BCUT2D eigenvalue weighted by atomic mass is 10.0. The van der Waals surface area contributed by atoms with Gasteiger partial charge in [-0.25, -0.2) is 9.97 Å². The van der Waals surface area contributed by atoms with Crippen molar-refractivity contribution in [1.29, 1.82) is 0 Å². The van der Waals surface area contributed by atoms with Gasteiger partial charge in [-0.2, -0.15) is 0 Å². The van der Waals surface area contributed by atoms with Gasteiger partial charge in [0.05, 0.1) is 11.3 Å². The van der Waals surface area contributed by atoms with E-state index in [0.717, 1.165) is 40.5 Å². The molecule has 0 spiro atoms. The first-order valence-electron chi connectivity index (χ1n) is 7.89. The number of benzene rings is 1. The van der Waals surface area contributed by atoms with Crippen LogP contribution in [0.2, 0.25) is 0 Å². The highest BCUT2D eigenvalue weighted by molar-refractivity contribution is 8.00. The molecule has 0 saturated heterocycles. The third-order valence-electron chi connectivity index (χ3n) is 4.22. The topological polar surface area (TPSA) is 68.9 Å². The number of nitrogens with two attached hydrogens (primary N) is 1. The number of carbonyl (C=O) groups excluding carboxylic acids is 1. The minimum absolute atomic E-state index is 0.253. The molecule has 0 aliphatic heterocycles. The van der Waals surface area contributed by atoms with Gasteiger partial charge in [-0.3, -0.25) is 4.79 Å². The predicted octanol–water partition coefficient (Wildman–Crippen LogP) is 3.33. The van der Waals surface area contributed by atoms with Crippen molar-refractivity contribution in [2.45, 2.75) is 43.6 Å². The molecule has 1 heterocycles. The smallest absolute Gasteiger partial charge is 0.227 e. The van der Waals surface area contributed by atoms with Gasteiger partial charge in [0.2, 0.25) is 5.91 Å². The van der Waals surface area contributed by atoms with Gasteiger partial charge in [-0.1, -0.05) is 55.6 Å². The Morgan fingerprint density at radius 1 is 1.23 bits per heavy atom. The van der Waals surface area contributed by atoms with Crippen LogP contribution in [0, 0.1) is 5.92 Å². The minimum atomic E-state index is -0.319. The van der Waals surface area contributed by atoms with Crippen molar-refractivity contribution in [3.05, 3.63) is 30.1 Å². The van der Waals surface area contributed by atoms with Crippen LogP contribution in [-0.2, 0) is 11.2 Å². The lowest BCUT2D eigenvalue weighted by Gasteiger charge is -2.10. The Hall–Kier alpha value is -1.62. The van der Waals surface area contributed by atoms with Crippen LogP contribution in [0.1, 0.15) is 37.9 Å². The Bertz CT molecular complexity index is 668. The number of fused-ring (bicyclic) bond motifs is 1. The Kier molecular flexibility index (Phi) is 4.93. The summed E-state index contributed by atoms with van der Waals surface area (Å²) in [7, 11) is 0. The number of amides is 1. The van der Waals surface area contributed by atoms with Gasteiger partial charge < -0.3 is 5.73 Å². The molecular formula is C17H21N3OS. The van der Waals surface area contributed by atoms with Crippen molar-refractivity contribution in [2.24, 2.45) is 11.7 Å². The summed E-state index contributed by atoms with van der Waals surface area (Å²) in [5.74, 6) is 1.65. The van der Waals surface area contributed by atoms with Crippen molar-refractivity contribution in [3.8, 4) is 0 Å². The average molecular weight is 315 g/mol. The largest absolute Gasteiger partial charge is 0.369 e. The van der Waals surface area contributed by atoms with Gasteiger partial charge in [-0.15, -0.1) is 0 Å². The lowest BCUT2D eigenvalue weighted by molar-refractivity contribution is -0.115. The number of hydrogen-bond donors (Lipinski definition) is 1. The molecular weight excluding hydrogens is 294 g/mol. The fourth-order valence-electron chi connectivity index (χ4n) is 3.09. The summed E-state index contributed by atoms with van der Waals surface area (Å²) in [5, 5.41) is 1.86. The summed E-state index contributed by atoms with van der Waals surface area (Å²) in [5.41, 5.74) is 6.21. The third-order valence-corrected chi connectivity index (χ3v) is 5.23. The SMILES string of the molecule is NC(=O)CSc1nc(CCC2CCCC2)nc2ccccc12. The molecule has 0 radical (unpaired) electrons. The molecule has 1 aromatic carbocycles. The number of aromatic nitrogens is 2. The zero-order valence-corrected chi connectivity index (χ0v) is 13.4. The van der Waals surface area contributed by atoms with E-state index < -0.39 is 0 Å². The van der Waals surface area contributed by atoms with Crippen LogP contribution in [-0.4, -0.2) is 21.6 Å². The number of primary amides is 1. The van der Waals surface area contributed by atoms with E-state index in [9.17, 15) is 4.79 Å². The molecule has 0 unspecified atom stereocenters. The molecule has 1 aliphatic rings. The van der Waals surface area contributed by atoms with E-state index in [1.54, 1.807) is 0 Å². The zero-order chi connectivity index (χ0) is 15.4. The van der Waals surface area contributed by atoms with Crippen LogP contribution in [0.5, 0.6) is 0 Å². The van der Waals surface area contributed by atoms with Crippen LogP contribution in [0.25, 0.3) is 10.9 Å². The Balaban J connectivity index is 1.81. The molecule has 2 N–H and O–H groups in total. The zero-order valence-electron chi connectivity index (χ0n) is 12.6. The third kappa shape index (κ3) is 3.77. The number of nitrogens with zero attached hydrogens (tertiary/aromatic N) is 2. The summed E-state index contributed by atoms with van der Waals surface area (Å²) in [6, 6.07) is 7.96. The van der Waals surface area contributed by atoms with Gasteiger partial charge >= 0.3 is 0 Å². The molecule has 0 bridgehead atoms. The quantitative estimate of drug-likeness (QED) is 0.656. The molecule has 1 amide bonds. The highest BCUT2D eigenvalue weighted by Crippen LogP contribution is 2.29. The number of para-hydroxylation sites is 1. The van der Waals surface area contributed by atoms with Crippen LogP contribution >= 0.6 is 11.8 Å². The van der Waals surface area contributed by atoms with E-state index in [-0.39, 0.29) is 11.7 Å². The van der Waals surface area contributed by atoms with Crippen molar-refractivity contribution in [1.82, 2.24) is 9.97 Å². The van der Waals surface area contributed by atoms with Gasteiger partial charge in [0.15, 0.2) is 0 Å². The number of rotatable bonds is 6. The Labute approximate surface area is 134 Å². The van der Waals surface area contributed by atoms with E-state index in [0.29, 0.717) is 0 Å². The fourth-order valence-corrected chi connectivity index (χ4v) is 3.86. The summed E-state index contributed by atoms with van der Waals surface area (Å²) in [6.45, 7) is 0.